The molecule has 0 spiro atoms. The summed E-state index contributed by atoms with van der Waals surface area (Å²) in [6.45, 7) is 7.52. The molecule has 0 heterocycles. The van der Waals surface area contributed by atoms with Crippen LogP contribution in [0.15, 0.2) is 28.7 Å². The monoisotopic (exact) mass is 238 g/mol. The van der Waals surface area contributed by atoms with E-state index in [0.29, 0.717) is 11.4 Å². The van der Waals surface area contributed by atoms with E-state index in [9.17, 15) is 4.21 Å². The summed E-state index contributed by atoms with van der Waals surface area (Å²) >= 11 is 0. The summed E-state index contributed by atoms with van der Waals surface area (Å²) in [5.74, 6) is 0. The Morgan fingerprint density at radius 3 is 2.38 bits per heavy atom. The molecule has 0 aliphatic carbocycles. The van der Waals surface area contributed by atoms with Crippen molar-refractivity contribution in [3.05, 3.63) is 29.8 Å². The molecular formula is C12H18N2OS. The van der Waals surface area contributed by atoms with Crippen molar-refractivity contribution in [3.63, 3.8) is 0 Å². The van der Waals surface area contributed by atoms with Crippen LogP contribution in [0.1, 0.15) is 33.3 Å². The molecule has 1 atom stereocenters. The van der Waals surface area contributed by atoms with Gasteiger partial charge in [0.05, 0.1) is 10.5 Å². The second-order valence-electron chi connectivity index (χ2n) is 4.63. The van der Waals surface area contributed by atoms with E-state index >= 15 is 0 Å². The minimum atomic E-state index is -1.24. The molecule has 1 aromatic rings. The smallest absolute Gasteiger partial charge is 0.145 e. The number of benzene rings is 1. The zero-order chi connectivity index (χ0) is 12.3. The molecule has 0 amide bonds. The van der Waals surface area contributed by atoms with E-state index in [4.69, 9.17) is 5.73 Å². The molecule has 3 nitrogen and oxygen atoms in total. The highest BCUT2D eigenvalue weighted by Crippen LogP contribution is 2.16. The fourth-order valence-corrected chi connectivity index (χ4v) is 1.76. The molecule has 0 saturated carbocycles. The number of nitrogens with zero attached hydrogens (tertiary/aromatic N) is 1. The molecule has 2 N–H and O–H groups in total. The summed E-state index contributed by atoms with van der Waals surface area (Å²) in [5, 5.41) is 0. The zero-order valence-electron chi connectivity index (χ0n) is 10.2. The largest absolute Gasteiger partial charge is 0.398 e. The van der Waals surface area contributed by atoms with Crippen LogP contribution in [0.5, 0.6) is 0 Å². The van der Waals surface area contributed by atoms with Crippen LogP contribution in [0.2, 0.25) is 0 Å². The molecule has 0 bridgehead atoms. The van der Waals surface area contributed by atoms with E-state index in [2.05, 4.69) is 4.40 Å². The van der Waals surface area contributed by atoms with Crippen LogP contribution in [0.3, 0.4) is 0 Å². The van der Waals surface area contributed by atoms with Gasteiger partial charge in [0, 0.05) is 11.3 Å². The molecule has 0 aliphatic rings. The Morgan fingerprint density at radius 1 is 1.31 bits per heavy atom. The van der Waals surface area contributed by atoms with Gasteiger partial charge >= 0.3 is 0 Å². The number of nitrogens with two attached hydrogens (primary N) is 1. The van der Waals surface area contributed by atoms with E-state index in [1.165, 1.54) is 0 Å². The second kappa shape index (κ2) is 4.78. The van der Waals surface area contributed by atoms with E-state index in [0.717, 1.165) is 5.56 Å². The van der Waals surface area contributed by atoms with Crippen LogP contribution in [0.25, 0.3) is 0 Å². The lowest BCUT2D eigenvalue weighted by Gasteiger charge is -2.14. The lowest BCUT2D eigenvalue weighted by molar-refractivity contribution is 0.650. The SMILES string of the molecule is CC(=NS(=O)C(C)(C)C)c1ccccc1N. The third-order valence-electron chi connectivity index (χ3n) is 2.09. The average molecular weight is 238 g/mol. The summed E-state index contributed by atoms with van der Waals surface area (Å²) in [6.07, 6.45) is 0. The fraction of sp³-hybridized carbons (Fsp3) is 0.417. The van der Waals surface area contributed by atoms with E-state index in [-0.39, 0.29) is 4.75 Å². The predicted molar refractivity (Wildman–Crippen MR) is 71.0 cm³/mol. The maximum absolute atomic E-state index is 11.8. The quantitative estimate of drug-likeness (QED) is 0.636. The van der Waals surface area contributed by atoms with Crippen molar-refractivity contribution in [3.8, 4) is 0 Å². The lowest BCUT2D eigenvalue weighted by atomic mass is 10.1. The van der Waals surface area contributed by atoms with Gasteiger partial charge in [-0.05, 0) is 33.8 Å². The topological polar surface area (TPSA) is 55.5 Å². The second-order valence-corrected chi connectivity index (χ2v) is 6.53. The van der Waals surface area contributed by atoms with Crippen molar-refractivity contribution in [2.75, 3.05) is 5.73 Å². The van der Waals surface area contributed by atoms with Crippen LogP contribution >= 0.6 is 0 Å². The van der Waals surface area contributed by atoms with Crippen LogP contribution in [-0.2, 0) is 11.0 Å². The standard InChI is InChI=1S/C12H18N2OS/c1-9(14-16(15)12(2,3)4)10-7-5-6-8-11(10)13/h5-8H,13H2,1-4H3. The van der Waals surface area contributed by atoms with Crippen molar-refractivity contribution in [2.45, 2.75) is 32.4 Å². The van der Waals surface area contributed by atoms with Gasteiger partial charge in [-0.1, -0.05) is 18.2 Å². The van der Waals surface area contributed by atoms with Gasteiger partial charge in [0.2, 0.25) is 0 Å². The van der Waals surface area contributed by atoms with Crippen molar-refractivity contribution >= 4 is 22.4 Å². The minimum Gasteiger partial charge on any atom is -0.398 e. The van der Waals surface area contributed by atoms with Gasteiger partial charge in [0.15, 0.2) is 0 Å². The number of nitrogen functional groups attached to an aromatic ring is 1. The molecule has 4 heteroatoms. The van der Waals surface area contributed by atoms with Crippen molar-refractivity contribution in [1.82, 2.24) is 0 Å². The molecule has 0 saturated heterocycles. The fourth-order valence-electron chi connectivity index (χ4n) is 1.14. The summed E-state index contributed by atoms with van der Waals surface area (Å²) in [4.78, 5) is 0. The van der Waals surface area contributed by atoms with E-state index in [1.807, 2.05) is 52.0 Å². The average Bonchev–Trinajstić information content (AvgIpc) is 2.16. The normalized spacial score (nSPS) is 14.9. The molecule has 1 aromatic carbocycles. The van der Waals surface area contributed by atoms with Gasteiger partial charge in [-0.3, -0.25) is 0 Å². The van der Waals surface area contributed by atoms with E-state index < -0.39 is 11.0 Å². The Balaban J connectivity index is 3.04. The predicted octanol–water partition coefficient (Wildman–Crippen LogP) is 2.54. The third-order valence-corrected chi connectivity index (χ3v) is 3.58. The number of para-hydroxylation sites is 1. The molecule has 16 heavy (non-hydrogen) atoms. The van der Waals surface area contributed by atoms with Crippen molar-refractivity contribution in [2.24, 2.45) is 4.40 Å². The summed E-state index contributed by atoms with van der Waals surface area (Å²) in [7, 11) is -1.24. The molecule has 0 aromatic heterocycles. The van der Waals surface area contributed by atoms with E-state index in [1.54, 1.807) is 0 Å². The maximum Gasteiger partial charge on any atom is 0.145 e. The van der Waals surface area contributed by atoms with Gasteiger partial charge < -0.3 is 5.73 Å². The van der Waals surface area contributed by atoms with Gasteiger partial charge in [0.25, 0.3) is 0 Å². The third kappa shape index (κ3) is 3.17. The summed E-state index contributed by atoms with van der Waals surface area (Å²) < 4.78 is 15.7. The minimum absolute atomic E-state index is 0.342. The summed E-state index contributed by atoms with van der Waals surface area (Å²) in [5.41, 5.74) is 8.05. The molecule has 1 rings (SSSR count). The van der Waals surface area contributed by atoms with Crippen LogP contribution in [0, 0.1) is 0 Å². The molecular weight excluding hydrogens is 220 g/mol. The summed E-state index contributed by atoms with van der Waals surface area (Å²) in [6, 6.07) is 7.46. The zero-order valence-corrected chi connectivity index (χ0v) is 11.0. The van der Waals surface area contributed by atoms with Crippen LogP contribution in [-0.4, -0.2) is 14.7 Å². The van der Waals surface area contributed by atoms with Crippen molar-refractivity contribution in [1.29, 1.82) is 0 Å². The first-order valence-corrected chi connectivity index (χ1v) is 6.25. The van der Waals surface area contributed by atoms with Gasteiger partial charge in [0.1, 0.15) is 11.0 Å². The first-order valence-electron chi connectivity index (χ1n) is 5.14. The highest BCUT2D eigenvalue weighted by Gasteiger charge is 2.19. The molecule has 0 radical (unpaired) electrons. The Hall–Kier alpha value is -1.16. The Morgan fingerprint density at radius 2 is 1.88 bits per heavy atom. The number of rotatable bonds is 2. The van der Waals surface area contributed by atoms with Gasteiger partial charge in [-0.25, -0.2) is 4.21 Å². The maximum atomic E-state index is 11.8. The van der Waals surface area contributed by atoms with Gasteiger partial charge in [-0.15, -0.1) is 0 Å². The Labute approximate surface area is 99.4 Å². The first kappa shape index (κ1) is 12.9. The molecule has 0 aliphatic heterocycles. The van der Waals surface area contributed by atoms with Gasteiger partial charge in [-0.2, -0.15) is 4.40 Å². The lowest BCUT2D eigenvalue weighted by Crippen LogP contribution is -2.20. The molecule has 0 fully saturated rings. The first-order chi connectivity index (χ1) is 7.32. The number of hydrogen-bond acceptors (Lipinski definition) is 2. The number of hydrogen-bond donors (Lipinski definition) is 1. The molecule has 88 valence electrons. The van der Waals surface area contributed by atoms with Crippen molar-refractivity contribution < 1.29 is 4.21 Å². The molecule has 1 unspecified atom stereocenters. The Bertz CT molecular complexity index is 433. The highest BCUT2D eigenvalue weighted by atomic mass is 32.2. The number of anilines is 1. The highest BCUT2D eigenvalue weighted by molar-refractivity contribution is 7.85. The Kier molecular flexibility index (Phi) is 3.86. The van der Waals surface area contributed by atoms with Crippen LogP contribution < -0.4 is 5.73 Å². The van der Waals surface area contributed by atoms with Crippen LogP contribution in [0.4, 0.5) is 5.69 Å².